The second-order valence-electron chi connectivity index (χ2n) is 6.74. The summed E-state index contributed by atoms with van der Waals surface area (Å²) in [6, 6.07) is 9.53. The predicted octanol–water partition coefficient (Wildman–Crippen LogP) is 3.15. The van der Waals surface area contributed by atoms with Crippen LogP contribution in [-0.2, 0) is 4.79 Å². The van der Waals surface area contributed by atoms with Crippen molar-refractivity contribution in [2.45, 2.75) is 26.8 Å². The minimum Gasteiger partial charge on any atom is -0.335 e. The molecule has 2 aromatic rings. The highest BCUT2D eigenvalue weighted by Crippen LogP contribution is 2.20. The van der Waals surface area contributed by atoms with E-state index >= 15 is 0 Å². The lowest BCUT2D eigenvalue weighted by molar-refractivity contribution is -0.121. The zero-order valence-corrected chi connectivity index (χ0v) is 16.3. The molecule has 1 fully saturated rings. The molecule has 26 heavy (non-hydrogen) atoms. The zero-order chi connectivity index (χ0) is 18.7. The summed E-state index contributed by atoms with van der Waals surface area (Å²) in [7, 11) is 0. The smallest absolute Gasteiger partial charge is 0.264 e. The molecule has 0 bridgehead atoms. The molecule has 2 heterocycles. The Morgan fingerprint density at radius 3 is 2.27 bits per heavy atom. The molecular weight excluding hydrogens is 346 g/mol. The van der Waals surface area contributed by atoms with E-state index in [1.165, 1.54) is 11.3 Å². The maximum absolute atomic E-state index is 12.7. The molecule has 1 atom stereocenters. The number of aryl methyl sites for hydroxylation is 2. The molecule has 2 amide bonds. The summed E-state index contributed by atoms with van der Waals surface area (Å²) in [5, 5.41) is 4.99. The number of anilines is 1. The van der Waals surface area contributed by atoms with Gasteiger partial charge in [0.1, 0.15) is 0 Å². The molecule has 1 aliphatic heterocycles. The van der Waals surface area contributed by atoms with Crippen LogP contribution < -0.4 is 5.32 Å². The average molecular weight is 372 g/mol. The molecular formula is C20H25N3O2S. The van der Waals surface area contributed by atoms with Gasteiger partial charge in [0.25, 0.3) is 5.91 Å². The molecule has 1 aromatic carbocycles. The lowest BCUT2D eigenvalue weighted by atomic mass is 10.1. The van der Waals surface area contributed by atoms with Crippen LogP contribution in [-0.4, -0.2) is 53.8 Å². The summed E-state index contributed by atoms with van der Waals surface area (Å²) in [6.07, 6.45) is 0. The van der Waals surface area contributed by atoms with Crippen molar-refractivity contribution < 1.29 is 9.59 Å². The first kappa shape index (κ1) is 18.6. The standard InChI is InChI=1S/C20H25N3O2S/c1-14-6-4-7-15(2)18(14)21-19(24)16(3)22-9-11-23(12-10-22)20(25)17-8-5-13-26-17/h4-8,13,16H,9-12H2,1-3H3,(H,21,24)/t16-/m1/s1. The molecule has 0 saturated carbocycles. The number of nitrogens with one attached hydrogen (secondary N) is 1. The highest BCUT2D eigenvalue weighted by Gasteiger charge is 2.28. The van der Waals surface area contributed by atoms with E-state index in [1.807, 2.05) is 61.4 Å². The number of carbonyl (C=O) groups excluding carboxylic acids is 2. The Kier molecular flexibility index (Phi) is 5.74. The molecule has 0 radical (unpaired) electrons. The Morgan fingerprint density at radius 1 is 1.04 bits per heavy atom. The number of carbonyl (C=O) groups is 2. The van der Waals surface area contributed by atoms with Crippen molar-refractivity contribution in [3.63, 3.8) is 0 Å². The summed E-state index contributed by atoms with van der Waals surface area (Å²) in [5.41, 5.74) is 3.03. The van der Waals surface area contributed by atoms with E-state index in [9.17, 15) is 9.59 Å². The van der Waals surface area contributed by atoms with E-state index in [0.717, 1.165) is 21.7 Å². The number of amides is 2. The Balaban J connectivity index is 1.57. The topological polar surface area (TPSA) is 52.7 Å². The van der Waals surface area contributed by atoms with Crippen LogP contribution in [0.25, 0.3) is 0 Å². The van der Waals surface area contributed by atoms with Crippen molar-refractivity contribution in [1.82, 2.24) is 9.80 Å². The van der Waals surface area contributed by atoms with Crippen molar-refractivity contribution in [3.8, 4) is 0 Å². The van der Waals surface area contributed by atoms with E-state index < -0.39 is 0 Å². The van der Waals surface area contributed by atoms with E-state index in [-0.39, 0.29) is 17.9 Å². The van der Waals surface area contributed by atoms with Crippen LogP contribution >= 0.6 is 11.3 Å². The number of thiophene rings is 1. The van der Waals surface area contributed by atoms with Crippen LogP contribution in [0.4, 0.5) is 5.69 Å². The van der Waals surface area contributed by atoms with Gasteiger partial charge in [-0.25, -0.2) is 0 Å². The first-order valence-corrected chi connectivity index (χ1v) is 9.79. The van der Waals surface area contributed by atoms with Gasteiger partial charge in [-0.05, 0) is 43.3 Å². The Morgan fingerprint density at radius 2 is 1.69 bits per heavy atom. The van der Waals surface area contributed by atoms with Crippen molar-refractivity contribution >= 4 is 28.8 Å². The number of para-hydroxylation sites is 1. The van der Waals surface area contributed by atoms with Gasteiger partial charge in [-0.3, -0.25) is 14.5 Å². The van der Waals surface area contributed by atoms with Gasteiger partial charge < -0.3 is 10.2 Å². The Bertz CT molecular complexity index is 760. The third kappa shape index (κ3) is 3.97. The molecule has 1 saturated heterocycles. The molecule has 1 aliphatic rings. The van der Waals surface area contributed by atoms with Crippen LogP contribution in [0.15, 0.2) is 35.7 Å². The largest absolute Gasteiger partial charge is 0.335 e. The maximum atomic E-state index is 12.7. The van der Waals surface area contributed by atoms with Crippen molar-refractivity contribution in [2.75, 3.05) is 31.5 Å². The number of nitrogens with zero attached hydrogens (tertiary/aromatic N) is 2. The van der Waals surface area contributed by atoms with Gasteiger partial charge in [-0.2, -0.15) is 0 Å². The second kappa shape index (κ2) is 8.01. The average Bonchev–Trinajstić information content (AvgIpc) is 3.18. The molecule has 0 aliphatic carbocycles. The van der Waals surface area contributed by atoms with E-state index in [0.29, 0.717) is 26.2 Å². The highest BCUT2D eigenvalue weighted by molar-refractivity contribution is 7.12. The van der Waals surface area contributed by atoms with E-state index in [2.05, 4.69) is 10.2 Å². The van der Waals surface area contributed by atoms with Gasteiger partial charge >= 0.3 is 0 Å². The second-order valence-corrected chi connectivity index (χ2v) is 7.69. The van der Waals surface area contributed by atoms with Crippen LogP contribution in [0.2, 0.25) is 0 Å². The van der Waals surface area contributed by atoms with Gasteiger partial charge in [0.15, 0.2) is 0 Å². The molecule has 1 aromatic heterocycles. The monoisotopic (exact) mass is 371 g/mol. The predicted molar refractivity (Wildman–Crippen MR) is 106 cm³/mol. The highest BCUT2D eigenvalue weighted by atomic mass is 32.1. The van der Waals surface area contributed by atoms with Crippen LogP contribution in [0, 0.1) is 13.8 Å². The normalized spacial score (nSPS) is 16.3. The fourth-order valence-electron chi connectivity index (χ4n) is 3.27. The molecule has 0 spiro atoms. The zero-order valence-electron chi connectivity index (χ0n) is 15.5. The van der Waals surface area contributed by atoms with Gasteiger partial charge in [-0.1, -0.05) is 24.3 Å². The summed E-state index contributed by atoms with van der Waals surface area (Å²) < 4.78 is 0. The minimum absolute atomic E-state index is 0.000401. The number of piperazine rings is 1. The Labute approximate surface area is 158 Å². The van der Waals surface area contributed by atoms with Crippen molar-refractivity contribution in [2.24, 2.45) is 0 Å². The number of hydrogen-bond acceptors (Lipinski definition) is 4. The number of rotatable bonds is 4. The molecule has 6 heteroatoms. The van der Waals surface area contributed by atoms with Crippen LogP contribution in [0.5, 0.6) is 0 Å². The van der Waals surface area contributed by atoms with Crippen molar-refractivity contribution in [3.05, 3.63) is 51.7 Å². The fourth-order valence-corrected chi connectivity index (χ4v) is 3.96. The lowest BCUT2D eigenvalue weighted by Gasteiger charge is -2.37. The maximum Gasteiger partial charge on any atom is 0.264 e. The fraction of sp³-hybridized carbons (Fsp3) is 0.400. The molecule has 138 valence electrons. The lowest BCUT2D eigenvalue weighted by Crippen LogP contribution is -2.54. The molecule has 3 rings (SSSR count). The summed E-state index contributed by atoms with van der Waals surface area (Å²) >= 11 is 1.47. The van der Waals surface area contributed by atoms with E-state index in [4.69, 9.17) is 0 Å². The number of hydrogen-bond donors (Lipinski definition) is 1. The first-order chi connectivity index (χ1) is 12.5. The first-order valence-electron chi connectivity index (χ1n) is 8.91. The minimum atomic E-state index is -0.229. The Hall–Kier alpha value is -2.18. The third-order valence-electron chi connectivity index (χ3n) is 4.99. The van der Waals surface area contributed by atoms with Crippen LogP contribution in [0.3, 0.4) is 0 Å². The van der Waals surface area contributed by atoms with Gasteiger partial charge in [0, 0.05) is 31.9 Å². The van der Waals surface area contributed by atoms with Crippen molar-refractivity contribution in [1.29, 1.82) is 0 Å². The van der Waals surface area contributed by atoms with Crippen LogP contribution in [0.1, 0.15) is 27.7 Å². The van der Waals surface area contributed by atoms with Gasteiger partial charge in [0.2, 0.25) is 5.91 Å². The third-order valence-corrected chi connectivity index (χ3v) is 5.85. The summed E-state index contributed by atoms with van der Waals surface area (Å²) in [4.78, 5) is 29.9. The van der Waals surface area contributed by atoms with E-state index in [1.54, 1.807) is 0 Å². The van der Waals surface area contributed by atoms with Gasteiger partial charge in [-0.15, -0.1) is 11.3 Å². The number of benzene rings is 1. The summed E-state index contributed by atoms with van der Waals surface area (Å²) in [5.74, 6) is 0.0905. The molecule has 1 N–H and O–H groups in total. The molecule has 0 unspecified atom stereocenters. The SMILES string of the molecule is Cc1cccc(C)c1NC(=O)[C@@H](C)N1CCN(C(=O)c2cccs2)CC1. The summed E-state index contributed by atoms with van der Waals surface area (Å²) in [6.45, 7) is 8.65. The van der Waals surface area contributed by atoms with Gasteiger partial charge in [0.05, 0.1) is 10.9 Å². The molecule has 5 nitrogen and oxygen atoms in total. The quantitative estimate of drug-likeness (QED) is 0.898.